The Morgan fingerprint density at radius 2 is 1.85 bits per heavy atom. The van der Waals surface area contributed by atoms with Gasteiger partial charge in [0.05, 0.1) is 20.8 Å². The molecule has 0 saturated heterocycles. The first kappa shape index (κ1) is 22.5. The van der Waals surface area contributed by atoms with Gasteiger partial charge in [-0.3, -0.25) is 4.79 Å². The van der Waals surface area contributed by atoms with Crippen molar-refractivity contribution in [2.24, 2.45) is 0 Å². The minimum Gasteiger partial charge on any atom is -0.493 e. The number of rotatable bonds is 7. The van der Waals surface area contributed by atoms with Crippen LogP contribution in [0.3, 0.4) is 0 Å². The molecular formula is C24H23NO7S. The van der Waals surface area contributed by atoms with Gasteiger partial charge in [0.15, 0.2) is 29.1 Å². The van der Waals surface area contributed by atoms with Gasteiger partial charge in [0.2, 0.25) is 0 Å². The fourth-order valence-electron chi connectivity index (χ4n) is 3.44. The summed E-state index contributed by atoms with van der Waals surface area (Å²) in [6.45, 7) is 2.15. The number of methoxy groups -OCH3 is 2. The number of thiophene rings is 1. The number of hydrogen-bond donors (Lipinski definition) is 1. The van der Waals surface area contributed by atoms with Crippen molar-refractivity contribution >= 4 is 28.2 Å². The van der Waals surface area contributed by atoms with Crippen LogP contribution in [0.15, 0.2) is 47.8 Å². The summed E-state index contributed by atoms with van der Waals surface area (Å²) in [6.07, 6.45) is -0.526. The van der Waals surface area contributed by atoms with Crippen molar-refractivity contribution in [2.45, 2.75) is 13.0 Å². The van der Waals surface area contributed by atoms with E-state index in [0.29, 0.717) is 39.1 Å². The molecule has 0 saturated carbocycles. The molecule has 1 atom stereocenters. The second-order valence-electron chi connectivity index (χ2n) is 7.00. The molecule has 1 aliphatic heterocycles. The molecule has 172 valence electrons. The largest absolute Gasteiger partial charge is 0.493 e. The third-order valence-corrected chi connectivity index (χ3v) is 5.94. The number of nitrogens with one attached hydrogen (secondary N) is 1. The van der Waals surface area contributed by atoms with E-state index in [1.165, 1.54) is 25.6 Å². The number of esters is 1. The molecule has 8 nitrogen and oxygen atoms in total. The van der Waals surface area contributed by atoms with Crippen molar-refractivity contribution in [3.8, 4) is 23.0 Å². The van der Waals surface area contributed by atoms with Gasteiger partial charge in [-0.05, 0) is 37.3 Å². The number of carbonyl (C=O) groups excluding carboxylic acids is 2. The van der Waals surface area contributed by atoms with E-state index in [-0.39, 0.29) is 18.8 Å². The van der Waals surface area contributed by atoms with Gasteiger partial charge in [0, 0.05) is 16.5 Å². The van der Waals surface area contributed by atoms with Crippen molar-refractivity contribution < 1.29 is 33.3 Å². The van der Waals surface area contributed by atoms with Crippen molar-refractivity contribution in [1.29, 1.82) is 0 Å². The molecule has 1 aromatic heterocycles. The highest BCUT2D eigenvalue weighted by atomic mass is 32.1. The molecule has 0 spiro atoms. The van der Waals surface area contributed by atoms with Gasteiger partial charge >= 0.3 is 5.97 Å². The van der Waals surface area contributed by atoms with E-state index >= 15 is 0 Å². The molecule has 9 heteroatoms. The van der Waals surface area contributed by atoms with E-state index in [9.17, 15) is 9.59 Å². The maximum absolute atomic E-state index is 13.0. The van der Waals surface area contributed by atoms with E-state index in [2.05, 4.69) is 5.32 Å². The second-order valence-corrected chi connectivity index (χ2v) is 7.88. The molecule has 4 rings (SSSR count). The standard InChI is InChI=1S/C24H23NO7S/c1-4-30-24(27)21-15(20-12-31-17-7-5-6-8-18(17)32-20)13-33-23(21)25-22(26)14-9-10-16(28-2)19(11-14)29-3/h5-11,13,20H,4,12H2,1-3H3,(H,25,26)/t20-/m1/s1. The van der Waals surface area contributed by atoms with E-state index in [1.54, 1.807) is 36.6 Å². The summed E-state index contributed by atoms with van der Waals surface area (Å²) in [7, 11) is 3.01. The summed E-state index contributed by atoms with van der Waals surface area (Å²) in [5.74, 6) is 1.22. The van der Waals surface area contributed by atoms with Crippen LogP contribution in [-0.4, -0.2) is 39.3 Å². The maximum Gasteiger partial charge on any atom is 0.341 e. The van der Waals surface area contributed by atoms with Crippen LogP contribution < -0.4 is 24.3 Å². The van der Waals surface area contributed by atoms with Gasteiger partial charge in [0.25, 0.3) is 5.91 Å². The Hall–Kier alpha value is -3.72. The number of carbonyl (C=O) groups is 2. The minimum absolute atomic E-state index is 0.196. The average Bonchev–Trinajstić information content (AvgIpc) is 3.26. The number of amides is 1. The minimum atomic E-state index is -0.543. The quantitative estimate of drug-likeness (QED) is 0.501. The fourth-order valence-corrected chi connectivity index (χ4v) is 4.42. The highest BCUT2D eigenvalue weighted by Gasteiger charge is 2.31. The Kier molecular flexibility index (Phi) is 6.69. The third kappa shape index (κ3) is 4.58. The first-order valence-corrected chi connectivity index (χ1v) is 11.1. The lowest BCUT2D eigenvalue weighted by atomic mass is 10.1. The number of fused-ring (bicyclic) bond motifs is 1. The highest BCUT2D eigenvalue weighted by molar-refractivity contribution is 7.15. The maximum atomic E-state index is 13.0. The summed E-state index contributed by atoms with van der Waals surface area (Å²) < 4.78 is 27.6. The molecular weight excluding hydrogens is 446 g/mol. The number of anilines is 1. The molecule has 2 heterocycles. The van der Waals surface area contributed by atoms with Crippen molar-refractivity contribution in [3.63, 3.8) is 0 Å². The molecule has 0 fully saturated rings. The summed E-state index contributed by atoms with van der Waals surface area (Å²) >= 11 is 1.22. The van der Waals surface area contributed by atoms with Gasteiger partial charge in [-0.2, -0.15) is 0 Å². The van der Waals surface area contributed by atoms with Gasteiger partial charge in [-0.1, -0.05) is 12.1 Å². The molecule has 0 radical (unpaired) electrons. The van der Waals surface area contributed by atoms with Crippen LogP contribution in [0.5, 0.6) is 23.0 Å². The number of ether oxygens (including phenoxy) is 5. The van der Waals surface area contributed by atoms with E-state index in [4.69, 9.17) is 23.7 Å². The fraction of sp³-hybridized carbons (Fsp3) is 0.250. The molecule has 1 amide bonds. The van der Waals surface area contributed by atoms with Crippen LogP contribution >= 0.6 is 11.3 Å². The lowest BCUT2D eigenvalue weighted by Crippen LogP contribution is -2.24. The summed E-state index contributed by atoms with van der Waals surface area (Å²) in [6, 6.07) is 12.2. The van der Waals surface area contributed by atoms with Crippen LogP contribution in [0.1, 0.15) is 39.3 Å². The molecule has 0 aliphatic carbocycles. The first-order valence-electron chi connectivity index (χ1n) is 10.3. The Bertz CT molecular complexity index is 1170. The zero-order valence-corrected chi connectivity index (χ0v) is 19.2. The molecule has 2 aromatic carbocycles. The molecule has 33 heavy (non-hydrogen) atoms. The van der Waals surface area contributed by atoms with Crippen LogP contribution in [0.25, 0.3) is 0 Å². The van der Waals surface area contributed by atoms with Crippen LogP contribution in [-0.2, 0) is 4.74 Å². The van der Waals surface area contributed by atoms with Crippen LogP contribution in [0.4, 0.5) is 5.00 Å². The van der Waals surface area contributed by atoms with Crippen LogP contribution in [0.2, 0.25) is 0 Å². The van der Waals surface area contributed by atoms with Crippen molar-refractivity contribution in [2.75, 3.05) is 32.8 Å². The SMILES string of the molecule is CCOC(=O)c1c([C@H]2COc3ccccc3O2)csc1NC(=O)c1ccc(OC)c(OC)c1. The van der Waals surface area contributed by atoms with Gasteiger partial charge in [-0.25, -0.2) is 4.79 Å². The van der Waals surface area contributed by atoms with Crippen LogP contribution in [0, 0.1) is 0 Å². The van der Waals surface area contributed by atoms with Crippen molar-refractivity contribution in [3.05, 3.63) is 64.5 Å². The van der Waals surface area contributed by atoms with E-state index in [0.717, 1.165) is 0 Å². The monoisotopic (exact) mass is 469 g/mol. The Labute approximate surface area is 195 Å². The summed E-state index contributed by atoms with van der Waals surface area (Å²) in [5.41, 5.74) is 1.20. The first-order chi connectivity index (χ1) is 16.0. The second kappa shape index (κ2) is 9.83. The van der Waals surface area contributed by atoms with Gasteiger partial charge in [0.1, 0.15) is 17.2 Å². The average molecular weight is 470 g/mol. The molecule has 3 aromatic rings. The smallest absolute Gasteiger partial charge is 0.341 e. The molecule has 1 N–H and O–H groups in total. The normalized spacial score (nSPS) is 14.3. The predicted octanol–water partition coefficient (Wildman–Crippen LogP) is 4.71. The lowest BCUT2D eigenvalue weighted by molar-refractivity contribution is 0.0513. The number of para-hydroxylation sites is 2. The summed E-state index contributed by atoms with van der Waals surface area (Å²) in [5, 5.41) is 4.96. The molecule has 0 unspecified atom stereocenters. The Morgan fingerprint density at radius 1 is 1.09 bits per heavy atom. The zero-order chi connectivity index (χ0) is 23.4. The third-order valence-electron chi connectivity index (χ3n) is 5.03. The predicted molar refractivity (Wildman–Crippen MR) is 123 cm³/mol. The van der Waals surface area contributed by atoms with E-state index < -0.39 is 18.0 Å². The van der Waals surface area contributed by atoms with Crippen molar-refractivity contribution in [1.82, 2.24) is 0 Å². The zero-order valence-electron chi connectivity index (χ0n) is 18.4. The number of hydrogen-bond acceptors (Lipinski definition) is 8. The van der Waals surface area contributed by atoms with Gasteiger partial charge in [-0.15, -0.1) is 11.3 Å². The lowest BCUT2D eigenvalue weighted by Gasteiger charge is -2.26. The molecule has 1 aliphatic rings. The number of benzene rings is 2. The van der Waals surface area contributed by atoms with Gasteiger partial charge < -0.3 is 29.0 Å². The highest BCUT2D eigenvalue weighted by Crippen LogP contribution is 2.40. The molecule has 0 bridgehead atoms. The van der Waals surface area contributed by atoms with E-state index in [1.807, 2.05) is 18.2 Å². The Morgan fingerprint density at radius 3 is 2.58 bits per heavy atom. The topological polar surface area (TPSA) is 92.3 Å². The summed E-state index contributed by atoms with van der Waals surface area (Å²) in [4.78, 5) is 25.8. The Balaban J connectivity index is 1.63.